The minimum absolute atomic E-state index is 0.0169. The Morgan fingerprint density at radius 1 is 1.00 bits per heavy atom. The predicted octanol–water partition coefficient (Wildman–Crippen LogP) is 6.09. The molecule has 0 spiro atoms. The summed E-state index contributed by atoms with van der Waals surface area (Å²) in [6.07, 6.45) is 0.0480. The van der Waals surface area contributed by atoms with E-state index >= 15 is 0 Å². The average molecular weight is 600 g/mol. The number of hydrogen-bond donors (Lipinski definition) is 2. The van der Waals surface area contributed by atoms with Crippen LogP contribution < -0.4 is 4.90 Å². The van der Waals surface area contributed by atoms with E-state index in [1.807, 2.05) is 75.4 Å². The molecule has 0 bridgehead atoms. The number of carbonyl (C=O) groups is 2. The molecule has 1 saturated heterocycles. The molecule has 3 aromatic carbocycles. The number of carbonyl (C=O) groups excluding carboxylic acids is 2. The zero-order valence-corrected chi connectivity index (χ0v) is 25.5. The van der Waals surface area contributed by atoms with Gasteiger partial charge in [0.2, 0.25) is 5.91 Å². The van der Waals surface area contributed by atoms with Gasteiger partial charge in [0.15, 0.2) is 5.88 Å². The molecule has 9 nitrogen and oxygen atoms in total. The molecule has 1 aromatic heterocycles. The number of benzene rings is 3. The van der Waals surface area contributed by atoms with Crippen molar-refractivity contribution in [2.45, 2.75) is 32.8 Å². The maximum atomic E-state index is 13.9. The summed E-state index contributed by atoms with van der Waals surface area (Å²) in [6, 6.07) is 21.1. The van der Waals surface area contributed by atoms with Gasteiger partial charge >= 0.3 is 6.09 Å². The molecule has 1 aliphatic rings. The number of aromatic nitrogens is 1. The van der Waals surface area contributed by atoms with Crippen molar-refractivity contribution in [1.82, 2.24) is 14.8 Å². The average Bonchev–Trinajstić information content (AvgIpc) is 3.32. The summed E-state index contributed by atoms with van der Waals surface area (Å²) in [6.45, 7) is 8.68. The minimum atomic E-state index is -0.526. The molecule has 0 atom stereocenters. The Labute approximate surface area is 256 Å². The van der Waals surface area contributed by atoms with Gasteiger partial charge < -0.3 is 24.6 Å². The number of piperazine rings is 1. The van der Waals surface area contributed by atoms with E-state index in [2.05, 4.69) is 9.88 Å². The van der Waals surface area contributed by atoms with Crippen LogP contribution in [0.5, 0.6) is 5.88 Å². The molecule has 0 radical (unpaired) electrons. The highest BCUT2D eigenvalue weighted by atomic mass is 19.1. The van der Waals surface area contributed by atoms with Crippen LogP contribution >= 0.6 is 0 Å². The summed E-state index contributed by atoms with van der Waals surface area (Å²) in [4.78, 5) is 38.6. The van der Waals surface area contributed by atoms with Gasteiger partial charge in [-0.25, -0.2) is 14.2 Å². The number of fused-ring (bicyclic) bond motifs is 1. The molecule has 2 heterocycles. The van der Waals surface area contributed by atoms with E-state index in [-0.39, 0.29) is 17.9 Å². The van der Waals surface area contributed by atoms with Crippen LogP contribution in [0.2, 0.25) is 0 Å². The number of H-pyrrole nitrogens is 1. The minimum Gasteiger partial charge on any atom is -0.494 e. The molecule has 0 aliphatic carbocycles. The third-order valence-electron chi connectivity index (χ3n) is 7.54. The highest BCUT2D eigenvalue weighted by molar-refractivity contribution is 6.21. The monoisotopic (exact) mass is 599 g/mol. The number of halogens is 1. The van der Waals surface area contributed by atoms with E-state index in [9.17, 15) is 19.1 Å². The molecule has 5 rings (SSSR count). The largest absolute Gasteiger partial charge is 0.494 e. The van der Waals surface area contributed by atoms with Crippen LogP contribution in [-0.4, -0.2) is 83.0 Å². The first-order valence-electron chi connectivity index (χ1n) is 14.7. The number of ether oxygens (including phenoxy) is 1. The van der Waals surface area contributed by atoms with E-state index in [1.165, 1.54) is 12.1 Å². The van der Waals surface area contributed by atoms with E-state index in [1.54, 1.807) is 22.9 Å². The molecular weight excluding hydrogens is 561 g/mol. The Morgan fingerprint density at radius 3 is 2.34 bits per heavy atom. The van der Waals surface area contributed by atoms with Crippen molar-refractivity contribution in [3.63, 3.8) is 0 Å². The lowest BCUT2D eigenvalue weighted by molar-refractivity contribution is -0.118. The highest BCUT2D eigenvalue weighted by Gasteiger charge is 2.26. The Bertz CT molecular complexity index is 1650. The van der Waals surface area contributed by atoms with Crippen molar-refractivity contribution in [2.24, 2.45) is 4.99 Å². The maximum Gasteiger partial charge on any atom is 0.410 e. The van der Waals surface area contributed by atoms with Gasteiger partial charge in [0.05, 0.1) is 22.5 Å². The van der Waals surface area contributed by atoms with E-state index in [0.29, 0.717) is 67.0 Å². The third-order valence-corrected chi connectivity index (χ3v) is 7.54. The number of anilines is 1. The van der Waals surface area contributed by atoms with Gasteiger partial charge in [0.1, 0.15) is 11.4 Å². The van der Waals surface area contributed by atoms with Gasteiger partial charge in [-0.3, -0.25) is 9.69 Å². The quantitative estimate of drug-likeness (QED) is 0.251. The number of nitrogens with zero attached hydrogens (tertiary/aromatic N) is 4. The second-order valence-corrected chi connectivity index (χ2v) is 11.9. The molecule has 0 saturated carbocycles. The summed E-state index contributed by atoms with van der Waals surface area (Å²) in [7, 11) is 1.75. The fourth-order valence-electron chi connectivity index (χ4n) is 5.18. The molecule has 2 amide bonds. The zero-order valence-electron chi connectivity index (χ0n) is 25.5. The highest BCUT2D eigenvalue weighted by Crippen LogP contribution is 2.32. The third kappa shape index (κ3) is 7.26. The first-order chi connectivity index (χ1) is 21.0. The number of hydrogen-bond acceptors (Lipinski definition) is 6. The van der Waals surface area contributed by atoms with Crippen LogP contribution in [0.3, 0.4) is 0 Å². The molecular formula is C34H38FN5O4. The number of aromatic hydroxyl groups is 1. The Kier molecular flexibility index (Phi) is 9.01. The molecule has 4 aromatic rings. The number of rotatable bonds is 7. The second-order valence-electron chi connectivity index (χ2n) is 11.9. The molecule has 0 unspecified atom stereocenters. The first-order valence-corrected chi connectivity index (χ1v) is 14.7. The number of nitrogens with one attached hydrogen (secondary N) is 1. The summed E-state index contributed by atoms with van der Waals surface area (Å²) < 4.78 is 19.3. The lowest BCUT2D eigenvalue weighted by atomic mass is 10.0. The SMILES string of the molecule is CN(C(=O)CCN1CCN(C(=O)OC(C)(C)C)CC1)c1ccc(N=C(c2ccccc2)c2c(O)[nH]c3cc(F)ccc23)cc1. The standard InChI is InChI=1S/C34H38FN5O4/c1-34(2,3)44-33(43)40-20-18-39(19-21-40)17-16-29(41)38(4)26-13-11-25(12-14-26)36-31(23-8-6-5-7-9-23)30-27-15-10-24(35)22-28(27)37-32(30)42/h5-15,22,37,42H,16-21H2,1-4H3. The maximum absolute atomic E-state index is 13.9. The zero-order chi connectivity index (χ0) is 31.4. The predicted molar refractivity (Wildman–Crippen MR) is 170 cm³/mol. The summed E-state index contributed by atoms with van der Waals surface area (Å²) in [5.74, 6) is -0.517. The van der Waals surface area contributed by atoms with Crippen LogP contribution in [0.25, 0.3) is 10.9 Å². The summed E-state index contributed by atoms with van der Waals surface area (Å²) in [5.41, 5.74) is 3.11. The lowest BCUT2D eigenvalue weighted by Gasteiger charge is -2.35. The summed E-state index contributed by atoms with van der Waals surface area (Å²) in [5, 5.41) is 11.5. The fourth-order valence-corrected chi connectivity index (χ4v) is 5.18. The number of amides is 2. The van der Waals surface area contributed by atoms with Crippen LogP contribution in [0.15, 0.2) is 77.8 Å². The smallest absolute Gasteiger partial charge is 0.410 e. The van der Waals surface area contributed by atoms with Crippen molar-refractivity contribution < 1.29 is 23.8 Å². The van der Waals surface area contributed by atoms with Crippen molar-refractivity contribution in [3.8, 4) is 5.88 Å². The Balaban J connectivity index is 1.25. The molecule has 2 N–H and O–H groups in total. The molecule has 1 aliphatic heterocycles. The van der Waals surface area contributed by atoms with Crippen molar-refractivity contribution >= 4 is 40.0 Å². The van der Waals surface area contributed by atoms with Gasteiger partial charge in [-0.15, -0.1) is 0 Å². The Hall–Kier alpha value is -4.70. The second kappa shape index (κ2) is 12.9. The molecule has 230 valence electrons. The summed E-state index contributed by atoms with van der Waals surface area (Å²) >= 11 is 0. The van der Waals surface area contributed by atoms with Crippen molar-refractivity contribution in [3.05, 3.63) is 89.7 Å². The Morgan fingerprint density at radius 2 is 1.68 bits per heavy atom. The number of aromatic amines is 1. The van der Waals surface area contributed by atoms with E-state index in [4.69, 9.17) is 9.73 Å². The van der Waals surface area contributed by atoms with Crippen LogP contribution in [-0.2, 0) is 9.53 Å². The van der Waals surface area contributed by atoms with Gasteiger partial charge in [0, 0.05) is 62.8 Å². The molecule has 44 heavy (non-hydrogen) atoms. The van der Waals surface area contributed by atoms with Gasteiger partial charge in [-0.2, -0.15) is 0 Å². The fraction of sp³-hybridized carbons (Fsp3) is 0.324. The van der Waals surface area contributed by atoms with Crippen molar-refractivity contribution in [2.75, 3.05) is 44.7 Å². The van der Waals surface area contributed by atoms with E-state index < -0.39 is 11.4 Å². The lowest BCUT2D eigenvalue weighted by Crippen LogP contribution is -2.50. The number of aliphatic imine (C=N–C) groups is 1. The van der Waals surface area contributed by atoms with Crippen molar-refractivity contribution in [1.29, 1.82) is 0 Å². The van der Waals surface area contributed by atoms with Gasteiger partial charge in [-0.05, 0) is 63.2 Å². The first kappa shape index (κ1) is 30.7. The topological polar surface area (TPSA) is 101 Å². The molecule has 1 fully saturated rings. The van der Waals surface area contributed by atoms with Crippen LogP contribution in [0.1, 0.15) is 38.3 Å². The van der Waals surface area contributed by atoms with E-state index in [0.717, 1.165) is 11.3 Å². The van der Waals surface area contributed by atoms with Crippen LogP contribution in [0.4, 0.5) is 20.6 Å². The molecule has 10 heteroatoms. The van der Waals surface area contributed by atoms with Gasteiger partial charge in [-0.1, -0.05) is 30.3 Å². The van der Waals surface area contributed by atoms with Crippen LogP contribution in [0, 0.1) is 5.82 Å². The van der Waals surface area contributed by atoms with Gasteiger partial charge in [0.25, 0.3) is 0 Å². The normalized spacial score (nSPS) is 14.6.